The van der Waals surface area contributed by atoms with Crippen LogP contribution in [-0.4, -0.2) is 82.6 Å². The highest BCUT2D eigenvalue weighted by molar-refractivity contribution is 8.06. The lowest BCUT2D eigenvalue weighted by molar-refractivity contribution is -0.137. The quantitative estimate of drug-likeness (QED) is 0.106. The first-order valence-corrected chi connectivity index (χ1v) is 17.2. The third-order valence-corrected chi connectivity index (χ3v) is 12.2. The van der Waals surface area contributed by atoms with Crippen molar-refractivity contribution in [2.45, 2.75) is 75.7 Å². The molecular weight excluding hydrogens is 627 g/mol. The number of fused-ring (bicyclic) bond motifs is 1. The van der Waals surface area contributed by atoms with E-state index in [1.54, 1.807) is 11.5 Å². The number of carboxylic acids is 2. The number of hydrogen-bond acceptors (Lipinski definition) is 9. The van der Waals surface area contributed by atoms with Crippen LogP contribution in [0.1, 0.15) is 62.5 Å². The van der Waals surface area contributed by atoms with E-state index in [2.05, 4.69) is 40.2 Å². The Kier molecular flexibility index (Phi) is 7.35. The molecule has 1 aromatic heterocycles. The average molecular weight is 666 g/mol. The van der Waals surface area contributed by atoms with Crippen LogP contribution in [0.5, 0.6) is 0 Å². The Balaban J connectivity index is 1.23. The van der Waals surface area contributed by atoms with Crippen molar-refractivity contribution in [2.75, 3.05) is 5.75 Å². The maximum Gasteiger partial charge on any atom is 0.328 e. The second-order valence-electron chi connectivity index (χ2n) is 13.4. The van der Waals surface area contributed by atoms with E-state index < -0.39 is 18.2 Å². The van der Waals surface area contributed by atoms with Crippen LogP contribution in [0, 0.1) is 24.7 Å². The van der Waals surface area contributed by atoms with Crippen LogP contribution < -0.4 is 10.6 Å². The topological polar surface area (TPSA) is 158 Å². The molecular formula is C33H39N5O6S2. The number of thiol groups is 1. The summed E-state index contributed by atoms with van der Waals surface area (Å²) in [6.45, 7) is 8.11. The number of carbonyl (C=O) groups is 3. The van der Waals surface area contributed by atoms with Crippen LogP contribution >= 0.6 is 24.4 Å². The maximum atomic E-state index is 13.0. The standard InChI is InChI=1S/C33H39N5O6S2/c1-15-18(5-7-27(39)40)22(34-21(15)11-24-29(26-14-46-26)17(3)30(43)36-24)12-23-19(6-8-28(41)42)16(2)25(35-23)13-33-32(4)20(9-10-45)31(44)37(33)38(32)33/h5,7,9-12,17,20,25-26,29-30,34-36,43,45H,6,8,13-14H2,1-4H3,(H,39,40)(H,41,42)/b7-5-,10-9-,23-12-,24-11-/t17-,20?,25?,26+,29-,30?,32+,33+,37?,38?/m1/s1. The highest BCUT2D eigenvalue weighted by Crippen LogP contribution is 2.80. The minimum absolute atomic E-state index is 0.0353. The summed E-state index contributed by atoms with van der Waals surface area (Å²) in [5, 5.41) is 42.5. The Labute approximate surface area is 276 Å². The second-order valence-corrected chi connectivity index (χ2v) is 14.9. The number of H-pyrrole nitrogens is 1. The summed E-state index contributed by atoms with van der Waals surface area (Å²) in [5.41, 5.74) is 6.10. The maximum absolute atomic E-state index is 13.0. The minimum Gasteiger partial charge on any atom is -0.481 e. The van der Waals surface area contributed by atoms with Crippen molar-refractivity contribution in [1.82, 2.24) is 25.6 Å². The molecule has 46 heavy (non-hydrogen) atoms. The molecule has 6 N–H and O–H groups in total. The molecule has 0 radical (unpaired) electrons. The van der Waals surface area contributed by atoms with Crippen molar-refractivity contribution in [3.8, 4) is 0 Å². The number of aliphatic hydroxyl groups is 1. The van der Waals surface area contributed by atoms with Crippen LogP contribution in [0.15, 0.2) is 40.1 Å². The van der Waals surface area contributed by atoms with E-state index in [4.69, 9.17) is 0 Å². The van der Waals surface area contributed by atoms with Crippen molar-refractivity contribution >= 4 is 60.5 Å². The summed E-state index contributed by atoms with van der Waals surface area (Å²) in [5.74, 6) is -0.796. The Hall–Kier alpha value is -3.39. The third kappa shape index (κ3) is 4.53. The van der Waals surface area contributed by atoms with E-state index in [0.717, 1.165) is 45.6 Å². The lowest BCUT2D eigenvalue weighted by Crippen LogP contribution is -2.36. The van der Waals surface area contributed by atoms with E-state index in [-0.39, 0.29) is 47.3 Å². The number of aromatic amines is 1. The fourth-order valence-electron chi connectivity index (χ4n) is 8.30. The molecule has 8 rings (SSSR count). The normalized spacial score (nSPS) is 38.8. The lowest BCUT2D eigenvalue weighted by Gasteiger charge is -2.20. The predicted molar refractivity (Wildman–Crippen MR) is 179 cm³/mol. The molecule has 7 aliphatic heterocycles. The Morgan fingerprint density at radius 2 is 1.91 bits per heavy atom. The Morgan fingerprint density at radius 1 is 1.17 bits per heavy atom. The van der Waals surface area contributed by atoms with Gasteiger partial charge in [0.2, 0.25) is 5.91 Å². The number of rotatable bonds is 11. The Bertz CT molecular complexity index is 1710. The molecule has 0 spiro atoms. The second kappa shape index (κ2) is 10.8. The van der Waals surface area contributed by atoms with Gasteiger partial charge in [-0.1, -0.05) is 13.0 Å². The first-order valence-electron chi connectivity index (χ1n) is 15.6. The van der Waals surface area contributed by atoms with E-state index in [1.807, 2.05) is 55.8 Å². The number of aliphatic carboxylic acids is 2. The monoisotopic (exact) mass is 665 g/mol. The van der Waals surface area contributed by atoms with Gasteiger partial charge in [0.25, 0.3) is 0 Å². The van der Waals surface area contributed by atoms with Gasteiger partial charge in [0.15, 0.2) is 5.66 Å². The van der Waals surface area contributed by atoms with Gasteiger partial charge in [-0.25, -0.2) is 9.80 Å². The van der Waals surface area contributed by atoms with Gasteiger partial charge >= 0.3 is 11.9 Å². The van der Waals surface area contributed by atoms with Gasteiger partial charge < -0.3 is 30.9 Å². The molecule has 1 aromatic rings. The van der Waals surface area contributed by atoms with Gasteiger partial charge in [0.1, 0.15) is 6.23 Å². The molecule has 8 heterocycles. The summed E-state index contributed by atoms with van der Waals surface area (Å²) in [7, 11) is 0. The van der Waals surface area contributed by atoms with Crippen LogP contribution in [0.25, 0.3) is 18.2 Å². The molecule has 6 saturated heterocycles. The molecule has 1 amide bonds. The lowest BCUT2D eigenvalue weighted by atomic mass is 9.87. The largest absolute Gasteiger partial charge is 0.481 e. The summed E-state index contributed by atoms with van der Waals surface area (Å²) in [6.07, 6.45) is 8.82. The summed E-state index contributed by atoms with van der Waals surface area (Å²) in [4.78, 5) is 39.7. The van der Waals surface area contributed by atoms with Crippen molar-refractivity contribution in [3.63, 3.8) is 0 Å². The SMILES string of the molecule is CC1=C(CCC(=O)O)/C(=C/c2[nH]c(/C=C3\NC(O)[C@H](C)[C@H]3[C@@H]3CS3)c(C)c2/C=C\C(=O)O)NC1C[C@@]12N3C(=O)C(/C=C\S)[C@]1(C)N32. The predicted octanol–water partition coefficient (Wildman–Crippen LogP) is 3.54. The van der Waals surface area contributed by atoms with Gasteiger partial charge in [-0.15, -0.1) is 0 Å². The van der Waals surface area contributed by atoms with E-state index in [1.165, 1.54) is 0 Å². The minimum atomic E-state index is -1.06. The molecule has 13 heteroatoms. The average Bonchev–Trinajstić information content (AvgIpc) is 3.91. The zero-order valence-corrected chi connectivity index (χ0v) is 27.8. The van der Waals surface area contributed by atoms with Gasteiger partial charge in [-0.3, -0.25) is 9.59 Å². The van der Waals surface area contributed by atoms with Crippen LogP contribution in [0.3, 0.4) is 0 Å². The number of carbonyl (C=O) groups excluding carboxylic acids is 1. The number of hydrazine groups is 1. The van der Waals surface area contributed by atoms with Crippen LogP contribution in [0.2, 0.25) is 0 Å². The van der Waals surface area contributed by atoms with Gasteiger partial charge in [0, 0.05) is 70.1 Å². The first-order chi connectivity index (χ1) is 21.8. The number of thioether (sulfide) groups is 1. The molecule has 0 saturated carbocycles. The van der Waals surface area contributed by atoms with Crippen molar-refractivity contribution in [1.29, 1.82) is 0 Å². The zero-order chi connectivity index (χ0) is 32.9. The van der Waals surface area contributed by atoms with Crippen LogP contribution in [-0.2, 0) is 14.4 Å². The van der Waals surface area contributed by atoms with Gasteiger partial charge in [0.05, 0.1) is 17.5 Å². The molecule has 11 nitrogen and oxygen atoms in total. The van der Waals surface area contributed by atoms with E-state index in [9.17, 15) is 29.7 Å². The van der Waals surface area contributed by atoms with Gasteiger partial charge in [-0.2, -0.15) is 29.4 Å². The molecule has 0 aliphatic carbocycles. The highest BCUT2D eigenvalue weighted by atomic mass is 32.2. The number of aliphatic hydroxyl groups excluding tert-OH is 1. The number of hydrogen-bond donors (Lipinski definition) is 7. The number of amides is 1. The van der Waals surface area contributed by atoms with Crippen molar-refractivity contribution < 1.29 is 29.7 Å². The number of nitrogens with zero attached hydrogens (tertiary/aromatic N) is 2. The van der Waals surface area contributed by atoms with Crippen molar-refractivity contribution in [2.24, 2.45) is 17.8 Å². The zero-order valence-electron chi connectivity index (χ0n) is 26.1. The molecule has 4 unspecified atom stereocenters. The summed E-state index contributed by atoms with van der Waals surface area (Å²) >= 11 is 6.09. The molecule has 244 valence electrons. The molecule has 6 fully saturated rings. The highest BCUT2D eigenvalue weighted by Gasteiger charge is 3.01. The third-order valence-electron chi connectivity index (χ3n) is 11.0. The van der Waals surface area contributed by atoms with Gasteiger partial charge in [-0.05, 0) is 67.5 Å². The smallest absolute Gasteiger partial charge is 0.328 e. The van der Waals surface area contributed by atoms with Crippen LogP contribution in [0.4, 0.5) is 0 Å². The van der Waals surface area contributed by atoms with E-state index >= 15 is 0 Å². The van der Waals surface area contributed by atoms with E-state index in [0.29, 0.717) is 29.3 Å². The first kappa shape index (κ1) is 31.2. The molecule has 9 atom stereocenters. The number of carboxylic acid groups (broad SMARTS) is 2. The molecule has 2 bridgehead atoms. The van der Waals surface area contributed by atoms with Crippen molar-refractivity contribution in [3.05, 3.63) is 62.6 Å². The molecule has 7 aliphatic rings. The Morgan fingerprint density at radius 3 is 2.54 bits per heavy atom. The number of nitrogens with one attached hydrogen (secondary N) is 3. The summed E-state index contributed by atoms with van der Waals surface area (Å²) < 4.78 is 0. The fourth-order valence-corrected chi connectivity index (χ4v) is 9.39. The fraction of sp³-hybridized carbons (Fsp3) is 0.485. The summed E-state index contributed by atoms with van der Waals surface area (Å²) in [6, 6.07) is -0.117. The number of aromatic nitrogens is 1. The number of allylic oxidation sites excluding steroid dienone is 2. The molecule has 0 aromatic carbocycles.